The van der Waals surface area contributed by atoms with Crippen molar-refractivity contribution in [1.29, 1.82) is 0 Å². The minimum atomic E-state index is -0.201. The van der Waals surface area contributed by atoms with E-state index in [1.807, 2.05) is 4.93 Å². The molecule has 7 heavy (non-hydrogen) atoms. The van der Waals surface area contributed by atoms with Crippen LogP contribution in [0.2, 0.25) is 0 Å². The average molecular weight is 218 g/mol. The fourth-order valence-corrected chi connectivity index (χ4v) is 0.694. The predicted octanol–water partition coefficient (Wildman–Crippen LogP) is -3.51. The summed E-state index contributed by atoms with van der Waals surface area (Å²) in [7, 11) is 1.32. The van der Waals surface area contributed by atoms with E-state index in [-0.39, 0.29) is 21.5 Å². The van der Waals surface area contributed by atoms with Gasteiger partial charge in [-0.3, -0.25) is 0 Å². The van der Waals surface area contributed by atoms with Crippen molar-refractivity contribution in [2.45, 2.75) is 0 Å². The zero-order chi connectivity index (χ0) is 5.70. The molecule has 0 fully saturated rings. The van der Waals surface area contributed by atoms with Crippen LogP contribution >= 0.6 is 0 Å². The van der Waals surface area contributed by atoms with Gasteiger partial charge in [-0.1, -0.05) is 0 Å². The SMILES string of the molecule is CON([O-])N[I-]C. The van der Waals surface area contributed by atoms with Crippen LogP contribution < -0.4 is 25.1 Å². The maximum absolute atomic E-state index is 10.0. The van der Waals surface area contributed by atoms with Gasteiger partial charge in [0.15, 0.2) is 0 Å². The summed E-state index contributed by atoms with van der Waals surface area (Å²) in [4.78, 5) is 6.10. The second-order valence-electron chi connectivity index (χ2n) is 0.713. The zero-order valence-corrected chi connectivity index (χ0v) is 6.30. The van der Waals surface area contributed by atoms with Crippen molar-refractivity contribution in [3.63, 3.8) is 0 Å². The molecule has 46 valence electrons. The summed E-state index contributed by atoms with van der Waals surface area (Å²) in [5.41, 5.74) is 0. The van der Waals surface area contributed by atoms with Gasteiger partial charge in [0.25, 0.3) is 0 Å². The van der Waals surface area contributed by atoms with Crippen molar-refractivity contribution in [2.75, 3.05) is 12.0 Å². The third-order valence-electron chi connectivity index (χ3n) is 0.319. The zero-order valence-electron chi connectivity index (χ0n) is 4.14. The third kappa shape index (κ3) is 4.42. The van der Waals surface area contributed by atoms with Crippen molar-refractivity contribution < 1.29 is 26.3 Å². The summed E-state index contributed by atoms with van der Waals surface area (Å²) >= 11 is -0.201. The second kappa shape index (κ2) is 4.72. The van der Waals surface area contributed by atoms with E-state index < -0.39 is 0 Å². The van der Waals surface area contributed by atoms with Crippen molar-refractivity contribution in [3.8, 4) is 0 Å². The number of nitrogens with zero attached hydrogens (tertiary/aromatic N) is 1. The molecule has 0 aromatic carbocycles. The quantitative estimate of drug-likeness (QED) is 0.231. The number of alkyl halides is 1. The predicted molar refractivity (Wildman–Crippen MR) is 21.3 cm³/mol. The molecule has 0 aliphatic heterocycles. The molecule has 5 heteroatoms. The summed E-state index contributed by atoms with van der Waals surface area (Å²) in [6.45, 7) is 0. The van der Waals surface area contributed by atoms with E-state index in [1.54, 1.807) is 0 Å². The molecule has 0 rings (SSSR count). The van der Waals surface area contributed by atoms with Crippen molar-refractivity contribution in [2.24, 2.45) is 0 Å². The molecule has 1 N–H and O–H groups in total. The standard InChI is InChI=1S/C2H7IN2O2/c1-3-4-5(6)7-2/h4H,1-2H3/q-2. The first kappa shape index (κ1) is 7.57. The minimum absolute atomic E-state index is 0.201. The van der Waals surface area contributed by atoms with Gasteiger partial charge >= 0.3 is 52.5 Å². The van der Waals surface area contributed by atoms with Crippen molar-refractivity contribution in [3.05, 3.63) is 5.21 Å². The topological polar surface area (TPSA) is 47.6 Å². The van der Waals surface area contributed by atoms with Crippen LogP contribution in [-0.4, -0.2) is 17.4 Å². The Bertz CT molecular complexity index is 44.7. The van der Waals surface area contributed by atoms with Gasteiger partial charge in [0, 0.05) is 0 Å². The van der Waals surface area contributed by atoms with E-state index in [0.717, 1.165) is 0 Å². The molecule has 0 amide bonds. The Kier molecular flexibility index (Phi) is 5.11. The number of halogens is 1. The van der Waals surface area contributed by atoms with E-state index in [4.69, 9.17) is 0 Å². The molecule has 0 aliphatic carbocycles. The summed E-state index contributed by atoms with van der Waals surface area (Å²) < 4.78 is 2.46. The van der Waals surface area contributed by atoms with E-state index in [1.165, 1.54) is 7.11 Å². The van der Waals surface area contributed by atoms with E-state index in [9.17, 15) is 5.21 Å². The molecule has 0 saturated heterocycles. The molecule has 4 nitrogen and oxygen atoms in total. The third-order valence-corrected chi connectivity index (χ3v) is 1.20. The van der Waals surface area contributed by atoms with Crippen molar-refractivity contribution >= 4 is 0 Å². The van der Waals surface area contributed by atoms with Gasteiger partial charge in [-0.15, -0.1) is 0 Å². The number of hydrogen-bond acceptors (Lipinski definition) is 4. The fourth-order valence-electron chi connectivity index (χ4n) is 0.104. The maximum atomic E-state index is 10.0. The molecular weight excluding hydrogens is 211 g/mol. The Morgan fingerprint density at radius 1 is 1.86 bits per heavy atom. The molecule has 0 bridgehead atoms. The molecule has 0 saturated carbocycles. The number of hydrogen-bond donors (Lipinski definition) is 1. The first-order chi connectivity index (χ1) is 3.31. The van der Waals surface area contributed by atoms with Crippen LogP contribution in [0.25, 0.3) is 0 Å². The molecule has 0 unspecified atom stereocenters. The normalized spacial score (nSPS) is 10.9. The Labute approximate surface area is 52.9 Å². The summed E-state index contributed by atoms with van der Waals surface area (Å²) in [6, 6.07) is 0. The number of rotatable bonds is 3. The van der Waals surface area contributed by atoms with Gasteiger partial charge in [-0.2, -0.15) is 0 Å². The van der Waals surface area contributed by atoms with Crippen molar-refractivity contribution in [1.82, 2.24) is 8.97 Å². The molecule has 0 atom stereocenters. The fraction of sp³-hybridized carbons (Fsp3) is 1.00. The Hall–Kier alpha value is 0.570. The molecule has 0 aromatic rings. The van der Waals surface area contributed by atoms with Gasteiger partial charge in [-0.25, -0.2) is 0 Å². The average Bonchev–Trinajstić information content (AvgIpc) is 1.68. The van der Waals surface area contributed by atoms with Crippen LogP contribution in [0.15, 0.2) is 0 Å². The summed E-state index contributed by atoms with van der Waals surface area (Å²) in [5.74, 6) is 0. The van der Waals surface area contributed by atoms with E-state index in [0.29, 0.717) is 5.34 Å². The van der Waals surface area contributed by atoms with Gasteiger partial charge in [0.2, 0.25) is 0 Å². The molecule has 0 spiro atoms. The van der Waals surface area contributed by atoms with Crippen LogP contribution in [0, 0.1) is 5.21 Å². The molecule has 0 radical (unpaired) electrons. The molecular formula is C2H7IN2O2-2. The first-order valence-electron chi connectivity index (χ1n) is 1.56. The molecule has 0 aromatic heterocycles. The molecule has 0 heterocycles. The van der Waals surface area contributed by atoms with Crippen LogP contribution in [0.5, 0.6) is 0 Å². The number of nitrogens with one attached hydrogen (secondary N) is 1. The second-order valence-corrected chi connectivity index (χ2v) is 2.27. The van der Waals surface area contributed by atoms with Gasteiger partial charge in [0.1, 0.15) is 0 Å². The van der Waals surface area contributed by atoms with Gasteiger partial charge in [0.05, 0.1) is 0 Å². The Morgan fingerprint density at radius 2 is 2.43 bits per heavy atom. The Balaban J connectivity index is 2.83. The van der Waals surface area contributed by atoms with E-state index in [2.05, 4.69) is 8.48 Å². The first-order valence-corrected chi connectivity index (χ1v) is 4.80. The summed E-state index contributed by atoms with van der Waals surface area (Å²) in [5, 5.41) is 10.4. The van der Waals surface area contributed by atoms with Crippen LogP contribution in [0.3, 0.4) is 0 Å². The monoisotopic (exact) mass is 218 g/mol. The van der Waals surface area contributed by atoms with E-state index >= 15 is 0 Å². The Morgan fingerprint density at radius 3 is 2.57 bits per heavy atom. The van der Waals surface area contributed by atoms with Crippen LogP contribution in [0.4, 0.5) is 0 Å². The summed E-state index contributed by atoms with van der Waals surface area (Å²) in [6.07, 6.45) is 0. The van der Waals surface area contributed by atoms with Gasteiger partial charge < -0.3 is 0 Å². The van der Waals surface area contributed by atoms with Crippen LogP contribution in [0.1, 0.15) is 0 Å². The van der Waals surface area contributed by atoms with Crippen LogP contribution in [-0.2, 0) is 4.84 Å². The number of hydrazine groups is 1. The molecule has 0 aliphatic rings. The van der Waals surface area contributed by atoms with Gasteiger partial charge in [-0.05, 0) is 0 Å².